The van der Waals surface area contributed by atoms with Crippen LogP contribution in [0.5, 0.6) is 5.75 Å². The lowest BCUT2D eigenvalue weighted by Gasteiger charge is -2.21. The molecule has 0 N–H and O–H groups in total. The molecule has 124 valence electrons. The Bertz CT molecular complexity index is 755. The quantitative estimate of drug-likeness (QED) is 0.814. The minimum atomic E-state index is -0.508. The van der Waals surface area contributed by atoms with Crippen LogP contribution in [-0.2, 0) is 5.54 Å². The van der Waals surface area contributed by atoms with Gasteiger partial charge in [-0.1, -0.05) is 36.2 Å². The van der Waals surface area contributed by atoms with Gasteiger partial charge in [-0.15, -0.1) is 0 Å². The molecule has 0 spiro atoms. The van der Waals surface area contributed by atoms with Crippen molar-refractivity contribution < 1.29 is 9.13 Å². The second-order valence-corrected chi connectivity index (χ2v) is 6.67. The lowest BCUT2D eigenvalue weighted by atomic mass is 10.1. The summed E-state index contributed by atoms with van der Waals surface area (Å²) >= 11 is 6.09. The molecule has 0 amide bonds. The lowest BCUT2D eigenvalue weighted by molar-refractivity contribution is 0.330. The molecular weight excluding hydrogens is 319 g/mol. The molecule has 0 saturated carbocycles. The van der Waals surface area contributed by atoms with Gasteiger partial charge in [0, 0.05) is 6.42 Å². The van der Waals surface area contributed by atoms with E-state index in [9.17, 15) is 9.18 Å². The molecule has 0 saturated heterocycles. The molecule has 0 aromatic carbocycles. The maximum Gasteiger partial charge on any atom is 0.289 e. The third-order valence-electron chi connectivity index (χ3n) is 3.43. The van der Waals surface area contributed by atoms with Gasteiger partial charge in [-0.25, -0.2) is 9.07 Å². The van der Waals surface area contributed by atoms with Crippen LogP contribution in [0.15, 0.2) is 46.4 Å². The molecule has 0 radical (unpaired) electrons. The zero-order valence-corrected chi connectivity index (χ0v) is 14.4. The number of hydrogen-bond donors (Lipinski definition) is 0. The average molecular weight is 339 g/mol. The molecule has 0 fully saturated rings. The number of halogens is 2. The Kier molecular flexibility index (Phi) is 5.09. The van der Waals surface area contributed by atoms with E-state index in [1.807, 2.05) is 33.8 Å². The maximum atomic E-state index is 14.2. The molecule has 1 aliphatic rings. The molecule has 1 aliphatic carbocycles. The van der Waals surface area contributed by atoms with E-state index in [2.05, 4.69) is 5.10 Å². The Labute approximate surface area is 139 Å². The highest BCUT2D eigenvalue weighted by Crippen LogP contribution is 2.28. The Morgan fingerprint density at radius 2 is 2.13 bits per heavy atom. The molecule has 2 rings (SSSR count). The van der Waals surface area contributed by atoms with E-state index in [0.29, 0.717) is 0 Å². The van der Waals surface area contributed by atoms with Gasteiger partial charge in [-0.3, -0.25) is 4.79 Å². The van der Waals surface area contributed by atoms with Gasteiger partial charge in [0.2, 0.25) is 0 Å². The SMILES string of the molecule is CCC1=CC=CC(Oc2cnn(C(C)(C)C)c(=O)c2Cl)=C(F)C1. The second-order valence-electron chi connectivity index (χ2n) is 6.30. The highest BCUT2D eigenvalue weighted by molar-refractivity contribution is 6.31. The van der Waals surface area contributed by atoms with Crippen molar-refractivity contribution in [3.8, 4) is 5.75 Å². The lowest BCUT2D eigenvalue weighted by Crippen LogP contribution is -2.36. The molecular formula is C17H20ClFN2O2. The topological polar surface area (TPSA) is 44.1 Å². The van der Waals surface area contributed by atoms with Crippen molar-refractivity contribution in [2.75, 3.05) is 0 Å². The van der Waals surface area contributed by atoms with Gasteiger partial charge in [0.05, 0.1) is 11.7 Å². The van der Waals surface area contributed by atoms with Gasteiger partial charge in [-0.2, -0.15) is 5.10 Å². The first-order valence-electron chi connectivity index (χ1n) is 7.45. The van der Waals surface area contributed by atoms with Crippen LogP contribution in [0.4, 0.5) is 4.39 Å². The number of rotatable bonds is 3. The van der Waals surface area contributed by atoms with E-state index >= 15 is 0 Å². The van der Waals surface area contributed by atoms with Crippen molar-refractivity contribution >= 4 is 11.6 Å². The fraction of sp³-hybridized carbons (Fsp3) is 0.412. The van der Waals surface area contributed by atoms with Crippen LogP contribution in [0.25, 0.3) is 0 Å². The fourth-order valence-corrected chi connectivity index (χ4v) is 2.29. The number of ether oxygens (including phenoxy) is 1. The normalized spacial score (nSPS) is 15.5. The Balaban J connectivity index is 2.35. The monoisotopic (exact) mass is 338 g/mol. The summed E-state index contributed by atoms with van der Waals surface area (Å²) in [5.41, 5.74) is -0.0151. The molecule has 0 aliphatic heterocycles. The Morgan fingerprint density at radius 3 is 2.74 bits per heavy atom. The van der Waals surface area contributed by atoms with Crippen molar-refractivity contribution in [2.45, 2.75) is 46.1 Å². The van der Waals surface area contributed by atoms with Gasteiger partial charge in [-0.05, 0) is 33.3 Å². The van der Waals surface area contributed by atoms with Crippen LogP contribution in [0, 0.1) is 0 Å². The van der Waals surface area contributed by atoms with Crippen molar-refractivity contribution in [1.82, 2.24) is 9.78 Å². The smallest absolute Gasteiger partial charge is 0.289 e. The van der Waals surface area contributed by atoms with E-state index in [-0.39, 0.29) is 23.0 Å². The maximum absolute atomic E-state index is 14.2. The van der Waals surface area contributed by atoms with E-state index in [0.717, 1.165) is 12.0 Å². The summed E-state index contributed by atoms with van der Waals surface area (Å²) in [5.74, 6) is -0.309. The van der Waals surface area contributed by atoms with E-state index in [1.54, 1.807) is 6.08 Å². The number of nitrogens with zero attached hydrogens (tertiary/aromatic N) is 2. The number of aromatic nitrogens is 2. The molecule has 0 unspecified atom stereocenters. The molecule has 1 aromatic heterocycles. The zero-order valence-electron chi connectivity index (χ0n) is 13.7. The van der Waals surface area contributed by atoms with Gasteiger partial charge in [0.1, 0.15) is 5.83 Å². The van der Waals surface area contributed by atoms with Crippen molar-refractivity contribution in [1.29, 1.82) is 0 Å². The third-order valence-corrected chi connectivity index (χ3v) is 3.77. The summed E-state index contributed by atoms with van der Waals surface area (Å²) in [6.45, 7) is 7.48. The first-order chi connectivity index (χ1) is 10.7. The first kappa shape index (κ1) is 17.5. The van der Waals surface area contributed by atoms with E-state index < -0.39 is 16.9 Å². The summed E-state index contributed by atoms with van der Waals surface area (Å²) < 4.78 is 21.0. The zero-order chi connectivity index (χ0) is 17.2. The minimum Gasteiger partial charge on any atom is -0.451 e. The average Bonchev–Trinajstić information content (AvgIpc) is 2.64. The molecule has 1 aromatic rings. The molecule has 23 heavy (non-hydrogen) atoms. The number of hydrogen-bond acceptors (Lipinski definition) is 3. The number of allylic oxidation sites excluding steroid dienone is 5. The van der Waals surface area contributed by atoms with Crippen molar-refractivity contribution in [3.05, 3.63) is 57.0 Å². The second kappa shape index (κ2) is 6.71. The summed E-state index contributed by atoms with van der Waals surface area (Å²) in [6.07, 6.45) is 7.37. The minimum absolute atomic E-state index is 0.0429. The van der Waals surface area contributed by atoms with Gasteiger partial charge >= 0.3 is 0 Å². The Hall–Kier alpha value is -1.88. The van der Waals surface area contributed by atoms with Crippen molar-refractivity contribution in [2.24, 2.45) is 0 Å². The van der Waals surface area contributed by atoms with Gasteiger partial charge < -0.3 is 4.74 Å². The first-order valence-corrected chi connectivity index (χ1v) is 7.82. The van der Waals surface area contributed by atoms with Gasteiger partial charge in [0.15, 0.2) is 16.5 Å². The summed E-state index contributed by atoms with van der Waals surface area (Å²) in [4.78, 5) is 12.3. The van der Waals surface area contributed by atoms with Crippen LogP contribution in [-0.4, -0.2) is 9.78 Å². The summed E-state index contributed by atoms with van der Waals surface area (Å²) in [6, 6.07) is 0. The van der Waals surface area contributed by atoms with E-state index in [4.69, 9.17) is 16.3 Å². The molecule has 1 heterocycles. The van der Waals surface area contributed by atoms with Crippen LogP contribution in [0.2, 0.25) is 5.02 Å². The predicted molar refractivity (Wildman–Crippen MR) is 89.4 cm³/mol. The molecule has 6 heteroatoms. The Morgan fingerprint density at radius 1 is 1.43 bits per heavy atom. The standard InChI is InChI=1S/C17H20ClFN2O2/c1-5-11-7-6-8-13(12(19)9-11)23-14-10-20-21(17(2,3)4)16(22)15(14)18/h6-8,10H,5,9H2,1-4H3. The van der Waals surface area contributed by atoms with Crippen LogP contribution in [0.3, 0.4) is 0 Å². The fourth-order valence-electron chi connectivity index (χ4n) is 2.12. The highest BCUT2D eigenvalue weighted by Gasteiger charge is 2.21. The molecule has 0 bridgehead atoms. The van der Waals surface area contributed by atoms with Crippen LogP contribution < -0.4 is 10.3 Å². The van der Waals surface area contributed by atoms with Crippen LogP contribution in [0.1, 0.15) is 40.5 Å². The largest absolute Gasteiger partial charge is 0.451 e. The third kappa shape index (κ3) is 3.91. The van der Waals surface area contributed by atoms with Crippen molar-refractivity contribution in [3.63, 3.8) is 0 Å². The predicted octanol–water partition coefficient (Wildman–Crippen LogP) is 4.51. The van der Waals surface area contributed by atoms with Crippen LogP contribution >= 0.6 is 11.6 Å². The molecule has 0 atom stereocenters. The summed E-state index contributed by atoms with van der Waals surface area (Å²) in [7, 11) is 0. The van der Waals surface area contributed by atoms with Gasteiger partial charge in [0.25, 0.3) is 5.56 Å². The van der Waals surface area contributed by atoms with E-state index in [1.165, 1.54) is 17.0 Å². The summed E-state index contributed by atoms with van der Waals surface area (Å²) in [5, 5.41) is 3.95. The highest BCUT2D eigenvalue weighted by atomic mass is 35.5. The molecule has 4 nitrogen and oxygen atoms in total.